The second kappa shape index (κ2) is 10.4. The van der Waals surface area contributed by atoms with Crippen molar-refractivity contribution in [3.8, 4) is 36.4 Å². The van der Waals surface area contributed by atoms with Gasteiger partial charge in [0, 0.05) is 35.6 Å². The van der Waals surface area contributed by atoms with Crippen LogP contribution in [-0.4, -0.2) is 13.1 Å². The number of nitriles is 6. The largest absolute Gasteiger partial charge is 0.385 e. The Morgan fingerprint density at radius 1 is 0.618 bits per heavy atom. The lowest BCUT2D eigenvalue weighted by Crippen LogP contribution is -2.34. The van der Waals surface area contributed by atoms with E-state index >= 15 is 0 Å². The van der Waals surface area contributed by atoms with Gasteiger partial charge < -0.3 is 10.6 Å². The molecule has 34 heavy (non-hydrogen) atoms. The Hall–Kier alpha value is -4.50. The molecule has 0 unspecified atom stereocenters. The standard InChI is InChI=1S/C26H26N8/c1-25(2)7-19(17(11-27)12-28)21(15-31)23(9-25)33-5-6-34-24-10-26(3,4)8-20(22(24)16-32)18(13-29)14-30/h33-34H,5-10H2,1-4H3. The summed E-state index contributed by atoms with van der Waals surface area (Å²) >= 11 is 0. The Morgan fingerprint density at radius 2 is 0.941 bits per heavy atom. The predicted octanol–water partition coefficient (Wildman–Crippen LogP) is 4.05. The van der Waals surface area contributed by atoms with Gasteiger partial charge in [-0.25, -0.2) is 0 Å². The first-order valence-corrected chi connectivity index (χ1v) is 10.9. The van der Waals surface area contributed by atoms with E-state index in [1.807, 2.05) is 52.0 Å². The van der Waals surface area contributed by atoms with Crippen molar-refractivity contribution in [3.63, 3.8) is 0 Å². The minimum Gasteiger partial charge on any atom is -0.385 e. The topological polar surface area (TPSA) is 167 Å². The highest BCUT2D eigenvalue weighted by atomic mass is 15.0. The van der Waals surface area contributed by atoms with E-state index in [-0.39, 0.29) is 22.0 Å². The second-order valence-corrected chi connectivity index (χ2v) is 9.97. The molecule has 2 rings (SSSR count). The molecule has 0 aromatic heterocycles. The Labute approximate surface area is 201 Å². The Kier molecular flexibility index (Phi) is 7.89. The van der Waals surface area contributed by atoms with Crippen LogP contribution in [0.2, 0.25) is 0 Å². The van der Waals surface area contributed by atoms with Crippen LogP contribution >= 0.6 is 0 Å². The third-order valence-electron chi connectivity index (χ3n) is 5.90. The van der Waals surface area contributed by atoms with Gasteiger partial charge in [-0.3, -0.25) is 0 Å². The Balaban J connectivity index is 2.30. The van der Waals surface area contributed by atoms with Crippen LogP contribution in [0.3, 0.4) is 0 Å². The minimum absolute atomic E-state index is 0.0416. The van der Waals surface area contributed by atoms with Crippen molar-refractivity contribution in [2.24, 2.45) is 10.8 Å². The van der Waals surface area contributed by atoms with E-state index in [0.29, 0.717) is 72.5 Å². The molecular formula is C26H26N8. The smallest absolute Gasteiger partial charge is 0.134 e. The molecule has 0 spiro atoms. The van der Waals surface area contributed by atoms with Crippen LogP contribution in [-0.2, 0) is 0 Å². The zero-order valence-electron chi connectivity index (χ0n) is 19.9. The highest BCUT2D eigenvalue weighted by Crippen LogP contribution is 2.43. The molecule has 0 saturated heterocycles. The van der Waals surface area contributed by atoms with E-state index in [9.17, 15) is 31.6 Å². The zero-order valence-corrected chi connectivity index (χ0v) is 19.9. The summed E-state index contributed by atoms with van der Waals surface area (Å²) in [4.78, 5) is 0. The van der Waals surface area contributed by atoms with E-state index in [1.165, 1.54) is 0 Å². The number of nitrogens with one attached hydrogen (secondary N) is 2. The summed E-state index contributed by atoms with van der Waals surface area (Å²) in [5.74, 6) is 0. The van der Waals surface area contributed by atoms with Crippen molar-refractivity contribution in [3.05, 3.63) is 44.8 Å². The summed E-state index contributed by atoms with van der Waals surface area (Å²) in [5.41, 5.74) is 2.47. The van der Waals surface area contributed by atoms with E-state index in [0.717, 1.165) is 0 Å². The van der Waals surface area contributed by atoms with Gasteiger partial charge in [0.1, 0.15) is 47.6 Å². The van der Waals surface area contributed by atoms with Gasteiger partial charge in [0.25, 0.3) is 0 Å². The summed E-state index contributed by atoms with van der Waals surface area (Å²) in [6.07, 6.45) is 2.14. The molecule has 170 valence electrons. The first-order valence-electron chi connectivity index (χ1n) is 10.9. The molecular weight excluding hydrogens is 424 g/mol. The molecule has 0 aromatic carbocycles. The van der Waals surface area contributed by atoms with Crippen LogP contribution in [0.4, 0.5) is 0 Å². The summed E-state index contributed by atoms with van der Waals surface area (Å²) in [6.45, 7) is 8.97. The van der Waals surface area contributed by atoms with Crippen LogP contribution < -0.4 is 10.6 Å². The van der Waals surface area contributed by atoms with E-state index in [1.54, 1.807) is 0 Å². The van der Waals surface area contributed by atoms with Gasteiger partial charge >= 0.3 is 0 Å². The highest BCUT2D eigenvalue weighted by molar-refractivity contribution is 5.58. The van der Waals surface area contributed by atoms with Gasteiger partial charge in [-0.2, -0.15) is 31.6 Å². The fourth-order valence-electron chi connectivity index (χ4n) is 4.50. The zero-order chi connectivity index (χ0) is 25.5. The van der Waals surface area contributed by atoms with Gasteiger partial charge in [-0.15, -0.1) is 0 Å². The number of hydrogen-bond acceptors (Lipinski definition) is 8. The first kappa shape index (κ1) is 25.8. The van der Waals surface area contributed by atoms with Gasteiger partial charge in [0.2, 0.25) is 0 Å². The fraction of sp³-hybridized carbons (Fsp3) is 0.462. The maximum absolute atomic E-state index is 9.74. The van der Waals surface area contributed by atoms with Crippen LogP contribution in [0, 0.1) is 78.8 Å². The molecule has 0 saturated carbocycles. The lowest BCUT2D eigenvalue weighted by molar-refractivity contribution is 0.334. The lowest BCUT2D eigenvalue weighted by Gasteiger charge is -2.34. The summed E-state index contributed by atoms with van der Waals surface area (Å²) in [6, 6.07) is 11.9. The third kappa shape index (κ3) is 5.64. The molecule has 0 amide bonds. The molecule has 0 radical (unpaired) electrons. The monoisotopic (exact) mass is 450 g/mol. The molecule has 8 nitrogen and oxygen atoms in total. The predicted molar refractivity (Wildman–Crippen MR) is 124 cm³/mol. The third-order valence-corrected chi connectivity index (χ3v) is 5.90. The SMILES string of the molecule is CC1(C)CC(NCCNC2=C(C#N)C(=C(C#N)C#N)CC(C)(C)C2)=C(C#N)C(=C(C#N)C#N)C1. The molecule has 0 aliphatic heterocycles. The highest BCUT2D eigenvalue weighted by Gasteiger charge is 2.34. The van der Waals surface area contributed by atoms with Crippen molar-refractivity contribution >= 4 is 0 Å². The normalized spacial score (nSPS) is 18.3. The Bertz CT molecular complexity index is 1130. The van der Waals surface area contributed by atoms with Gasteiger partial charge in [0.05, 0.1) is 11.1 Å². The number of rotatable bonds is 5. The van der Waals surface area contributed by atoms with E-state index in [4.69, 9.17) is 0 Å². The van der Waals surface area contributed by atoms with Crippen molar-refractivity contribution in [2.45, 2.75) is 53.4 Å². The molecule has 8 heteroatoms. The number of allylic oxidation sites excluding steroid dienone is 8. The van der Waals surface area contributed by atoms with E-state index in [2.05, 4.69) is 22.8 Å². The molecule has 0 heterocycles. The van der Waals surface area contributed by atoms with Crippen molar-refractivity contribution in [1.29, 1.82) is 31.6 Å². The average Bonchev–Trinajstić information content (AvgIpc) is 2.77. The van der Waals surface area contributed by atoms with Crippen molar-refractivity contribution in [2.75, 3.05) is 13.1 Å². The molecule has 0 atom stereocenters. The summed E-state index contributed by atoms with van der Waals surface area (Å²) < 4.78 is 0. The van der Waals surface area contributed by atoms with Crippen LogP contribution in [0.1, 0.15) is 53.4 Å². The first-order chi connectivity index (χ1) is 16.1. The maximum Gasteiger partial charge on any atom is 0.134 e. The van der Waals surface area contributed by atoms with Gasteiger partial charge in [-0.1, -0.05) is 27.7 Å². The molecule has 2 aliphatic rings. The Morgan fingerprint density at radius 3 is 1.21 bits per heavy atom. The quantitative estimate of drug-likeness (QED) is 0.467. The lowest BCUT2D eigenvalue weighted by atomic mass is 9.73. The average molecular weight is 451 g/mol. The van der Waals surface area contributed by atoms with Gasteiger partial charge in [-0.05, 0) is 36.5 Å². The molecule has 2 aliphatic carbocycles. The second-order valence-electron chi connectivity index (χ2n) is 9.97. The van der Waals surface area contributed by atoms with Crippen molar-refractivity contribution in [1.82, 2.24) is 10.6 Å². The molecule has 2 N–H and O–H groups in total. The summed E-state index contributed by atoms with van der Waals surface area (Å²) in [5, 5.41) is 63.3. The van der Waals surface area contributed by atoms with Crippen LogP contribution in [0.25, 0.3) is 0 Å². The minimum atomic E-state index is -0.223. The van der Waals surface area contributed by atoms with Crippen LogP contribution in [0.5, 0.6) is 0 Å². The van der Waals surface area contributed by atoms with Gasteiger partial charge in [0.15, 0.2) is 0 Å². The molecule has 0 bridgehead atoms. The fourth-order valence-corrected chi connectivity index (χ4v) is 4.50. The molecule has 0 fully saturated rings. The van der Waals surface area contributed by atoms with Crippen molar-refractivity contribution < 1.29 is 0 Å². The summed E-state index contributed by atoms with van der Waals surface area (Å²) in [7, 11) is 0. The van der Waals surface area contributed by atoms with E-state index < -0.39 is 0 Å². The maximum atomic E-state index is 9.74. The number of nitrogens with zero attached hydrogens (tertiary/aromatic N) is 6. The number of hydrogen-bond donors (Lipinski definition) is 2. The molecule has 0 aromatic rings. The van der Waals surface area contributed by atoms with Crippen LogP contribution in [0.15, 0.2) is 44.8 Å².